The monoisotopic (exact) mass is 736 g/mol. The van der Waals surface area contributed by atoms with Gasteiger partial charge in [-0.1, -0.05) is 120 Å². The lowest BCUT2D eigenvalue weighted by Crippen LogP contribution is -2.59. The number of fused-ring (bicyclic) bond motifs is 4. The molecule has 1 saturated carbocycles. The van der Waals surface area contributed by atoms with E-state index in [1.165, 1.54) is 17.7 Å². The summed E-state index contributed by atoms with van der Waals surface area (Å²) in [6.07, 6.45) is 5.58. The largest absolute Gasteiger partial charge is 0.508 e. The first-order valence-electron chi connectivity index (χ1n) is 19.0. The zero-order valence-corrected chi connectivity index (χ0v) is 30.6. The van der Waals surface area contributed by atoms with Gasteiger partial charge in [0.05, 0.1) is 17.3 Å². The number of aromatic hydroxyl groups is 1. The number of hydrogen-bond acceptors (Lipinski definition) is 6. The molecule has 1 N–H and O–H groups in total. The number of hydrogen-bond donors (Lipinski definition) is 1. The Morgan fingerprint density at radius 3 is 2.13 bits per heavy atom. The number of likely N-dealkylation sites (tertiary alicyclic amines) is 2. The Labute approximate surface area is 319 Å². The smallest absolute Gasteiger partial charge is 0.233 e. The summed E-state index contributed by atoms with van der Waals surface area (Å²) in [5.74, 6) is -3.90. The Hall–Kier alpha value is -5.11. The fraction of sp³-hybridized carbons (Fsp3) is 0.304. The Balaban J connectivity index is 1.13. The zero-order chi connectivity index (χ0) is 37.1. The van der Waals surface area contributed by atoms with E-state index in [1.54, 1.807) is 17.0 Å². The summed E-state index contributed by atoms with van der Waals surface area (Å²) < 4.78 is 0. The predicted molar refractivity (Wildman–Crippen MR) is 206 cm³/mol. The number of rotatable bonds is 6. The van der Waals surface area contributed by atoms with Gasteiger partial charge in [-0.15, -0.1) is 0 Å². The number of allylic oxidation sites excluding steroid dienone is 4. The van der Waals surface area contributed by atoms with E-state index >= 15 is 9.59 Å². The maximum atomic E-state index is 15.2. The SMILES string of the molecule is O=C1C(c2ccccc2)=CC(=O)[C@@]2(c3ccccc3)[C@@H](c3ccc(O)cc3Cl)C3=CC[C@@H]4C(=O)N(C5CCN(Cc6ccccc6)CC5)C(=O)[C@@H]4[C@@H]3C[C@@H]12. The second kappa shape index (κ2) is 13.6. The minimum Gasteiger partial charge on any atom is -0.508 e. The van der Waals surface area contributed by atoms with E-state index in [0.717, 1.165) is 25.2 Å². The fourth-order valence-electron chi connectivity index (χ4n) is 10.5. The Morgan fingerprint density at radius 2 is 1.44 bits per heavy atom. The minimum absolute atomic E-state index is 0.0153. The van der Waals surface area contributed by atoms with Crippen LogP contribution >= 0.6 is 11.6 Å². The van der Waals surface area contributed by atoms with Crippen molar-refractivity contribution in [2.75, 3.05) is 13.1 Å². The first-order chi connectivity index (χ1) is 26.3. The molecule has 2 aliphatic heterocycles. The number of ketones is 2. The van der Waals surface area contributed by atoms with Crippen molar-refractivity contribution in [2.45, 2.75) is 49.6 Å². The molecule has 6 atom stereocenters. The summed E-state index contributed by atoms with van der Waals surface area (Å²) in [6, 6.07) is 33.6. The highest BCUT2D eigenvalue weighted by atomic mass is 35.5. The van der Waals surface area contributed by atoms with Gasteiger partial charge in [0.2, 0.25) is 11.8 Å². The minimum atomic E-state index is -1.37. The molecule has 9 rings (SSSR count). The van der Waals surface area contributed by atoms with Crippen molar-refractivity contribution in [3.8, 4) is 5.75 Å². The van der Waals surface area contributed by atoms with Crippen LogP contribution in [0.15, 0.2) is 127 Å². The van der Waals surface area contributed by atoms with Crippen LogP contribution in [-0.2, 0) is 31.1 Å². The standard InChI is InChI=1S/C46H41ClN2O5/c47-39-24-32(50)16-17-34(39)42-33-18-19-35-41(45(54)49(44(35)53)31-20-22-48(23-21-31)27-28-10-4-1-5-11-28)37(33)25-38-43(52)36(29-12-6-2-7-13-29)26-40(51)46(38,42)30-14-8-3-9-15-30/h1-18,24,26,31,35,37-38,41-42,50H,19-23,25,27H2/t35-,37+,38-,41-,42+,46-/m0/s1. The second-order valence-electron chi connectivity index (χ2n) is 15.5. The summed E-state index contributed by atoms with van der Waals surface area (Å²) in [5, 5.41) is 10.7. The third kappa shape index (κ3) is 5.43. The first kappa shape index (κ1) is 34.6. The molecule has 4 aromatic rings. The Morgan fingerprint density at radius 1 is 0.778 bits per heavy atom. The molecule has 0 bridgehead atoms. The second-order valence-corrected chi connectivity index (χ2v) is 15.9. The maximum Gasteiger partial charge on any atom is 0.233 e. The normalized spacial score (nSPS) is 28.6. The van der Waals surface area contributed by atoms with Crippen LogP contribution in [0, 0.1) is 23.7 Å². The third-order valence-electron chi connectivity index (χ3n) is 12.9. The molecule has 8 heteroatoms. The molecule has 54 heavy (non-hydrogen) atoms. The lowest BCUT2D eigenvalue weighted by atomic mass is 9.44. The number of Topliss-reactive ketones (excluding diaryl/α,β-unsaturated/α-hetero) is 1. The van der Waals surface area contributed by atoms with Gasteiger partial charge in [-0.05, 0) is 72.1 Å². The van der Waals surface area contributed by atoms with E-state index in [2.05, 4.69) is 23.1 Å². The average molecular weight is 737 g/mol. The summed E-state index contributed by atoms with van der Waals surface area (Å²) >= 11 is 7.00. The molecular weight excluding hydrogens is 696 g/mol. The summed E-state index contributed by atoms with van der Waals surface area (Å²) in [6.45, 7) is 2.40. The average Bonchev–Trinajstić information content (AvgIpc) is 3.45. The Kier molecular flexibility index (Phi) is 8.75. The van der Waals surface area contributed by atoms with Crippen LogP contribution in [0.3, 0.4) is 0 Å². The van der Waals surface area contributed by atoms with Crippen LogP contribution in [-0.4, -0.2) is 57.4 Å². The van der Waals surface area contributed by atoms with Crippen LogP contribution < -0.4 is 0 Å². The molecular formula is C46H41ClN2O5. The van der Waals surface area contributed by atoms with Crippen molar-refractivity contribution >= 4 is 40.6 Å². The molecule has 3 aliphatic carbocycles. The van der Waals surface area contributed by atoms with Crippen molar-refractivity contribution in [1.82, 2.24) is 9.80 Å². The first-order valence-corrected chi connectivity index (χ1v) is 19.4. The molecule has 5 aliphatic rings. The van der Waals surface area contributed by atoms with Gasteiger partial charge in [0, 0.05) is 48.1 Å². The van der Waals surface area contributed by atoms with E-state index in [9.17, 15) is 14.7 Å². The van der Waals surface area contributed by atoms with Gasteiger partial charge < -0.3 is 5.11 Å². The van der Waals surface area contributed by atoms with E-state index < -0.39 is 35.0 Å². The van der Waals surface area contributed by atoms with Crippen molar-refractivity contribution in [2.24, 2.45) is 23.7 Å². The summed E-state index contributed by atoms with van der Waals surface area (Å²) in [7, 11) is 0. The van der Waals surface area contributed by atoms with E-state index in [0.29, 0.717) is 41.5 Å². The van der Waals surface area contributed by atoms with Crippen LogP contribution in [0.2, 0.25) is 5.02 Å². The number of carbonyl (C=O) groups excluding carboxylic acids is 4. The highest BCUT2D eigenvalue weighted by Crippen LogP contribution is 2.64. The fourth-order valence-corrected chi connectivity index (χ4v) is 10.8. The topological polar surface area (TPSA) is 95.0 Å². The number of phenols is 1. The van der Waals surface area contributed by atoms with Crippen molar-refractivity contribution in [3.05, 3.63) is 154 Å². The molecule has 0 spiro atoms. The molecule has 2 heterocycles. The number of amides is 2. The number of nitrogens with zero attached hydrogens (tertiary/aromatic N) is 2. The van der Waals surface area contributed by atoms with Crippen molar-refractivity contribution < 1.29 is 24.3 Å². The number of phenolic OH excluding ortho intramolecular Hbond substituents is 1. The third-order valence-corrected chi connectivity index (χ3v) is 13.2. The highest BCUT2D eigenvalue weighted by Gasteiger charge is 2.66. The molecule has 2 saturated heterocycles. The van der Waals surface area contributed by atoms with E-state index in [4.69, 9.17) is 11.6 Å². The number of halogens is 1. The zero-order valence-electron chi connectivity index (χ0n) is 29.8. The molecule has 2 amide bonds. The predicted octanol–water partition coefficient (Wildman–Crippen LogP) is 7.53. The molecule has 0 radical (unpaired) electrons. The lowest BCUT2D eigenvalue weighted by Gasteiger charge is -2.55. The number of imide groups is 1. The van der Waals surface area contributed by atoms with Crippen LogP contribution in [0.1, 0.15) is 53.9 Å². The van der Waals surface area contributed by atoms with Gasteiger partial charge in [0.1, 0.15) is 5.75 Å². The van der Waals surface area contributed by atoms with Crippen LogP contribution in [0.5, 0.6) is 5.75 Å². The lowest BCUT2D eigenvalue weighted by molar-refractivity contribution is -0.144. The van der Waals surface area contributed by atoms with Crippen LogP contribution in [0.25, 0.3) is 5.57 Å². The van der Waals surface area contributed by atoms with Gasteiger partial charge in [-0.2, -0.15) is 0 Å². The quantitative estimate of drug-likeness (QED) is 0.163. The van der Waals surface area contributed by atoms with Gasteiger partial charge in [0.15, 0.2) is 11.6 Å². The van der Waals surface area contributed by atoms with Crippen molar-refractivity contribution in [1.29, 1.82) is 0 Å². The van der Waals surface area contributed by atoms with E-state index in [1.807, 2.05) is 78.9 Å². The maximum absolute atomic E-state index is 15.2. The van der Waals surface area contributed by atoms with E-state index in [-0.39, 0.29) is 46.6 Å². The molecule has 3 fully saturated rings. The molecule has 272 valence electrons. The molecule has 0 unspecified atom stereocenters. The molecule has 7 nitrogen and oxygen atoms in total. The Bertz CT molecular complexity index is 2210. The molecule has 4 aromatic carbocycles. The number of piperidine rings is 1. The van der Waals surface area contributed by atoms with Crippen molar-refractivity contribution in [3.63, 3.8) is 0 Å². The summed E-state index contributed by atoms with van der Waals surface area (Å²) in [5.41, 5.74) is 3.05. The summed E-state index contributed by atoms with van der Waals surface area (Å²) in [4.78, 5) is 63.4. The van der Waals surface area contributed by atoms with Gasteiger partial charge >= 0.3 is 0 Å². The van der Waals surface area contributed by atoms with Gasteiger partial charge in [-0.25, -0.2) is 0 Å². The van der Waals surface area contributed by atoms with Crippen LogP contribution in [0.4, 0.5) is 0 Å². The van der Waals surface area contributed by atoms with Gasteiger partial charge in [0.25, 0.3) is 0 Å². The van der Waals surface area contributed by atoms with Gasteiger partial charge in [-0.3, -0.25) is 29.0 Å². The molecule has 0 aromatic heterocycles. The number of benzene rings is 4. The highest BCUT2D eigenvalue weighted by molar-refractivity contribution is 6.33. The number of carbonyl (C=O) groups is 4.